The predicted molar refractivity (Wildman–Crippen MR) is 100 cm³/mol. The van der Waals surface area contributed by atoms with Crippen LogP contribution in [0.2, 0.25) is 0 Å². The van der Waals surface area contributed by atoms with Crippen molar-refractivity contribution in [2.24, 2.45) is 0 Å². The molecular formula is C20H17N3O4. The number of aromatic nitrogens is 2. The number of para-hydroxylation sites is 1. The summed E-state index contributed by atoms with van der Waals surface area (Å²) < 4.78 is 6.11. The molecule has 0 atom stereocenters. The third kappa shape index (κ3) is 4.09. The molecule has 3 rings (SSSR count). The van der Waals surface area contributed by atoms with Crippen molar-refractivity contribution in [3.8, 4) is 5.69 Å². The molecule has 1 aromatic heterocycles. The summed E-state index contributed by atoms with van der Waals surface area (Å²) in [5.74, 6) is -1.19. The van der Waals surface area contributed by atoms with Crippen LogP contribution in [-0.2, 0) is 4.74 Å². The molecule has 1 heterocycles. The molecule has 0 spiro atoms. The molecule has 7 heteroatoms. The van der Waals surface area contributed by atoms with Gasteiger partial charge in [-0.15, -0.1) is 0 Å². The predicted octanol–water partition coefficient (Wildman–Crippen LogP) is 2.66. The van der Waals surface area contributed by atoms with Crippen LogP contribution in [0.4, 0.5) is 5.69 Å². The molecule has 0 radical (unpaired) electrons. The average molecular weight is 363 g/mol. The highest BCUT2D eigenvalue weighted by atomic mass is 16.5. The van der Waals surface area contributed by atoms with E-state index < -0.39 is 17.4 Å². The Morgan fingerprint density at radius 1 is 1.04 bits per heavy atom. The van der Waals surface area contributed by atoms with Gasteiger partial charge in [0.1, 0.15) is 0 Å². The van der Waals surface area contributed by atoms with E-state index in [0.29, 0.717) is 11.3 Å². The van der Waals surface area contributed by atoms with Crippen LogP contribution in [0.25, 0.3) is 5.69 Å². The zero-order valence-corrected chi connectivity index (χ0v) is 14.6. The second kappa shape index (κ2) is 8.09. The van der Waals surface area contributed by atoms with Gasteiger partial charge in [-0.25, -0.2) is 4.79 Å². The number of nitrogens with one attached hydrogen (secondary N) is 1. The van der Waals surface area contributed by atoms with Crippen LogP contribution in [-0.4, -0.2) is 28.3 Å². The molecule has 136 valence electrons. The number of hydrogen-bond donors (Lipinski definition) is 1. The zero-order chi connectivity index (χ0) is 19.2. The number of carbonyl (C=O) groups is 2. The van der Waals surface area contributed by atoms with E-state index in [0.717, 1.165) is 10.7 Å². The zero-order valence-electron chi connectivity index (χ0n) is 14.6. The largest absolute Gasteiger partial charge is 0.461 e. The smallest absolute Gasteiger partial charge is 0.360 e. The molecule has 0 fully saturated rings. The number of ether oxygens (including phenoxy) is 1. The number of amides is 1. The van der Waals surface area contributed by atoms with Crippen LogP contribution in [0, 0.1) is 0 Å². The van der Waals surface area contributed by atoms with Gasteiger partial charge >= 0.3 is 5.97 Å². The first kappa shape index (κ1) is 18.1. The SMILES string of the molecule is CCOC(=O)c1nn(-c2ccccc2)c(=O)cc1NC(=O)c1ccccc1. The van der Waals surface area contributed by atoms with Gasteiger partial charge in [-0.05, 0) is 31.2 Å². The Balaban J connectivity index is 2.04. The van der Waals surface area contributed by atoms with Gasteiger partial charge in [0.2, 0.25) is 0 Å². The third-order valence-electron chi connectivity index (χ3n) is 3.69. The van der Waals surface area contributed by atoms with Crippen molar-refractivity contribution in [2.75, 3.05) is 11.9 Å². The standard InChI is InChI=1S/C20H17N3O4/c1-2-27-20(26)18-16(21-19(25)14-9-5-3-6-10-14)13-17(24)23(22-18)15-11-7-4-8-12-15/h3-13H,2H2,1H3,(H,21,25). The minimum Gasteiger partial charge on any atom is -0.461 e. The van der Waals surface area contributed by atoms with Crippen LogP contribution < -0.4 is 10.9 Å². The summed E-state index contributed by atoms with van der Waals surface area (Å²) in [6.45, 7) is 1.80. The quantitative estimate of drug-likeness (QED) is 0.704. The fourth-order valence-electron chi connectivity index (χ4n) is 2.44. The van der Waals surface area contributed by atoms with Crippen molar-refractivity contribution < 1.29 is 14.3 Å². The highest BCUT2D eigenvalue weighted by molar-refractivity contribution is 6.07. The Kier molecular flexibility index (Phi) is 5.41. The van der Waals surface area contributed by atoms with E-state index in [2.05, 4.69) is 10.4 Å². The van der Waals surface area contributed by atoms with E-state index in [1.165, 1.54) is 0 Å². The molecule has 0 aliphatic heterocycles. The fraction of sp³-hybridized carbons (Fsp3) is 0.100. The molecule has 0 aliphatic rings. The molecule has 1 N–H and O–H groups in total. The van der Waals surface area contributed by atoms with E-state index >= 15 is 0 Å². The maximum atomic E-state index is 12.5. The maximum absolute atomic E-state index is 12.5. The molecule has 0 unspecified atom stereocenters. The van der Waals surface area contributed by atoms with Gasteiger partial charge in [-0.1, -0.05) is 36.4 Å². The number of nitrogens with zero attached hydrogens (tertiary/aromatic N) is 2. The highest BCUT2D eigenvalue weighted by Crippen LogP contribution is 2.15. The number of esters is 1. The molecule has 1 amide bonds. The van der Waals surface area contributed by atoms with Gasteiger partial charge in [0.05, 0.1) is 18.0 Å². The molecule has 3 aromatic rings. The Bertz CT molecular complexity index is 1010. The average Bonchev–Trinajstić information content (AvgIpc) is 2.69. The van der Waals surface area contributed by atoms with E-state index in [4.69, 9.17) is 4.74 Å². The second-order valence-corrected chi connectivity index (χ2v) is 5.53. The molecule has 2 aromatic carbocycles. The first-order valence-electron chi connectivity index (χ1n) is 8.33. The van der Waals surface area contributed by atoms with E-state index in [1.54, 1.807) is 67.6 Å². The van der Waals surface area contributed by atoms with Gasteiger partial charge in [0.25, 0.3) is 11.5 Å². The number of carbonyl (C=O) groups excluding carboxylic acids is 2. The van der Waals surface area contributed by atoms with Gasteiger partial charge in [-0.3, -0.25) is 9.59 Å². The van der Waals surface area contributed by atoms with Gasteiger partial charge in [0, 0.05) is 11.6 Å². The van der Waals surface area contributed by atoms with Crippen LogP contribution in [0.3, 0.4) is 0 Å². The van der Waals surface area contributed by atoms with Crippen LogP contribution in [0.5, 0.6) is 0 Å². The molecular weight excluding hydrogens is 346 g/mol. The van der Waals surface area contributed by atoms with Gasteiger partial charge in [0.15, 0.2) is 5.69 Å². The molecule has 0 bridgehead atoms. The minimum absolute atomic E-state index is 0.000478. The molecule has 27 heavy (non-hydrogen) atoms. The second-order valence-electron chi connectivity index (χ2n) is 5.53. The van der Waals surface area contributed by atoms with Gasteiger partial charge < -0.3 is 10.1 Å². The lowest BCUT2D eigenvalue weighted by Gasteiger charge is -2.12. The normalized spacial score (nSPS) is 10.3. The van der Waals surface area contributed by atoms with Crippen molar-refractivity contribution in [2.45, 2.75) is 6.92 Å². The minimum atomic E-state index is -0.731. The molecule has 7 nitrogen and oxygen atoms in total. The van der Waals surface area contributed by atoms with E-state index in [1.807, 2.05) is 0 Å². The van der Waals surface area contributed by atoms with Crippen molar-refractivity contribution >= 4 is 17.6 Å². The van der Waals surface area contributed by atoms with Crippen molar-refractivity contribution in [1.29, 1.82) is 0 Å². The summed E-state index contributed by atoms with van der Waals surface area (Å²) >= 11 is 0. The summed E-state index contributed by atoms with van der Waals surface area (Å²) in [5, 5.41) is 6.69. The Morgan fingerprint density at radius 3 is 2.30 bits per heavy atom. The molecule has 0 aliphatic carbocycles. The lowest BCUT2D eigenvalue weighted by Crippen LogP contribution is -2.27. The van der Waals surface area contributed by atoms with Crippen molar-refractivity contribution in [3.05, 3.63) is 88.3 Å². The summed E-state index contributed by atoms with van der Waals surface area (Å²) in [5.41, 5.74) is 0.246. The molecule has 0 saturated heterocycles. The van der Waals surface area contributed by atoms with Crippen LogP contribution in [0.1, 0.15) is 27.8 Å². The number of rotatable bonds is 5. The monoisotopic (exact) mass is 363 g/mol. The summed E-state index contributed by atoms with van der Waals surface area (Å²) in [6, 6.07) is 18.3. The summed E-state index contributed by atoms with van der Waals surface area (Å²) in [7, 11) is 0. The first-order chi connectivity index (χ1) is 13.1. The highest BCUT2D eigenvalue weighted by Gasteiger charge is 2.20. The number of anilines is 1. The third-order valence-corrected chi connectivity index (χ3v) is 3.69. The van der Waals surface area contributed by atoms with Crippen LogP contribution >= 0.6 is 0 Å². The molecule has 0 saturated carbocycles. The summed E-state index contributed by atoms with van der Waals surface area (Å²) in [4.78, 5) is 37.2. The topological polar surface area (TPSA) is 90.3 Å². The first-order valence-corrected chi connectivity index (χ1v) is 8.33. The fourth-order valence-corrected chi connectivity index (χ4v) is 2.44. The number of hydrogen-bond acceptors (Lipinski definition) is 5. The van der Waals surface area contributed by atoms with Crippen LogP contribution in [0.15, 0.2) is 71.5 Å². The Labute approximate surface area is 155 Å². The van der Waals surface area contributed by atoms with E-state index in [-0.39, 0.29) is 18.0 Å². The Hall–Kier alpha value is -3.74. The Morgan fingerprint density at radius 2 is 1.67 bits per heavy atom. The maximum Gasteiger partial charge on any atom is 0.360 e. The lowest BCUT2D eigenvalue weighted by molar-refractivity contribution is 0.0518. The van der Waals surface area contributed by atoms with Crippen molar-refractivity contribution in [1.82, 2.24) is 9.78 Å². The number of benzene rings is 2. The summed E-state index contributed by atoms with van der Waals surface area (Å²) in [6.07, 6.45) is 0. The lowest BCUT2D eigenvalue weighted by atomic mass is 10.2. The van der Waals surface area contributed by atoms with Gasteiger partial charge in [-0.2, -0.15) is 9.78 Å². The van der Waals surface area contributed by atoms with Crippen molar-refractivity contribution in [3.63, 3.8) is 0 Å². The van der Waals surface area contributed by atoms with E-state index in [9.17, 15) is 14.4 Å².